The second-order valence-electron chi connectivity index (χ2n) is 10.5. The molecule has 1 saturated heterocycles. The van der Waals surface area contributed by atoms with Crippen molar-refractivity contribution in [2.45, 2.75) is 31.1 Å². The third-order valence-electron chi connectivity index (χ3n) is 7.33. The zero-order valence-corrected chi connectivity index (χ0v) is 24.6. The van der Waals surface area contributed by atoms with Crippen molar-refractivity contribution in [2.75, 3.05) is 38.1 Å². The van der Waals surface area contributed by atoms with Gasteiger partial charge in [-0.15, -0.1) is 0 Å². The average Bonchev–Trinajstić information content (AvgIpc) is 2.98. The molecule has 0 atom stereocenters. The lowest BCUT2D eigenvalue weighted by Gasteiger charge is -2.30. The molecule has 0 aliphatic carbocycles. The van der Waals surface area contributed by atoms with Crippen molar-refractivity contribution >= 4 is 26.6 Å². The number of nitrogens with one attached hydrogen (secondary N) is 1. The van der Waals surface area contributed by atoms with Gasteiger partial charge < -0.3 is 19.1 Å². The van der Waals surface area contributed by atoms with Crippen molar-refractivity contribution in [1.29, 1.82) is 0 Å². The molecule has 0 bridgehead atoms. The number of ether oxygens (including phenoxy) is 3. The Balaban J connectivity index is 1.28. The Morgan fingerprint density at radius 2 is 1.72 bits per heavy atom. The largest absolute Gasteiger partial charge is 0.493 e. The number of benzene rings is 3. The summed E-state index contributed by atoms with van der Waals surface area (Å²) in [6.45, 7) is 5.99. The van der Waals surface area contributed by atoms with Gasteiger partial charge in [-0.1, -0.05) is 6.92 Å². The summed E-state index contributed by atoms with van der Waals surface area (Å²) in [4.78, 5) is 5.95. The number of likely N-dealkylation sites (tertiary alicyclic amines) is 1. The number of rotatable bonds is 11. The summed E-state index contributed by atoms with van der Waals surface area (Å²) in [5.74, 6) is -1.10. The van der Waals surface area contributed by atoms with Crippen LogP contribution in [0.4, 0.5) is 18.9 Å². The van der Waals surface area contributed by atoms with Crippen LogP contribution >= 0.6 is 0 Å². The van der Waals surface area contributed by atoms with Crippen molar-refractivity contribution in [1.82, 2.24) is 9.88 Å². The molecule has 0 spiro atoms. The maximum Gasteiger partial charge on any atom is 0.264 e. The summed E-state index contributed by atoms with van der Waals surface area (Å²) >= 11 is 0. The Bertz CT molecular complexity index is 1710. The van der Waals surface area contributed by atoms with E-state index in [9.17, 15) is 17.2 Å². The minimum absolute atomic E-state index is 0.196. The van der Waals surface area contributed by atoms with Crippen molar-refractivity contribution in [2.24, 2.45) is 5.92 Å². The van der Waals surface area contributed by atoms with E-state index in [0.717, 1.165) is 44.1 Å². The first-order valence-electron chi connectivity index (χ1n) is 13.9. The molecule has 0 unspecified atom stereocenters. The highest BCUT2D eigenvalue weighted by Gasteiger charge is 2.21. The SMILES string of the molecule is COc1cc2c(Oc3ccc(NS(=O)(=O)c4cc(F)ccc4F)cc3F)ccnc2cc1OCCCN1CCC(C)CC1. The molecule has 2 heterocycles. The lowest BCUT2D eigenvalue weighted by molar-refractivity contribution is 0.176. The van der Waals surface area contributed by atoms with E-state index in [2.05, 4.69) is 21.5 Å². The number of fused-ring (bicyclic) bond motifs is 1. The van der Waals surface area contributed by atoms with Crippen molar-refractivity contribution in [3.05, 3.63) is 78.2 Å². The third-order valence-corrected chi connectivity index (χ3v) is 8.72. The number of aromatic nitrogens is 1. The smallest absolute Gasteiger partial charge is 0.264 e. The van der Waals surface area contributed by atoms with Crippen LogP contribution in [0.15, 0.2) is 65.7 Å². The molecule has 0 saturated carbocycles. The predicted molar refractivity (Wildman–Crippen MR) is 157 cm³/mol. The molecule has 1 fully saturated rings. The van der Waals surface area contributed by atoms with Crippen LogP contribution in [0.3, 0.4) is 0 Å². The highest BCUT2D eigenvalue weighted by Crippen LogP contribution is 2.38. The molecule has 43 heavy (non-hydrogen) atoms. The van der Waals surface area contributed by atoms with Gasteiger partial charge in [0, 0.05) is 30.3 Å². The molecular weight excluding hydrogens is 583 g/mol. The van der Waals surface area contributed by atoms with Gasteiger partial charge in [0.25, 0.3) is 10.0 Å². The van der Waals surface area contributed by atoms with Crippen molar-refractivity contribution in [3.63, 3.8) is 0 Å². The van der Waals surface area contributed by atoms with Crippen LogP contribution in [0.25, 0.3) is 10.9 Å². The van der Waals surface area contributed by atoms with Gasteiger partial charge in [-0.25, -0.2) is 21.6 Å². The predicted octanol–water partition coefficient (Wildman–Crippen LogP) is 6.75. The number of anilines is 1. The molecule has 5 rings (SSSR count). The molecule has 0 radical (unpaired) electrons. The average molecular weight is 616 g/mol. The van der Waals surface area contributed by atoms with Gasteiger partial charge in [-0.05, 0) is 80.7 Å². The summed E-state index contributed by atoms with van der Waals surface area (Å²) in [5.41, 5.74) is 0.339. The van der Waals surface area contributed by atoms with Crippen LogP contribution in [-0.4, -0.2) is 51.7 Å². The molecule has 1 aliphatic rings. The Morgan fingerprint density at radius 1 is 0.930 bits per heavy atom. The van der Waals surface area contributed by atoms with Crippen LogP contribution < -0.4 is 18.9 Å². The Hall–Kier alpha value is -4.03. The number of hydrogen-bond donors (Lipinski definition) is 1. The van der Waals surface area contributed by atoms with Gasteiger partial charge in [-0.3, -0.25) is 9.71 Å². The molecule has 4 aromatic rings. The topological polar surface area (TPSA) is 90.0 Å². The maximum atomic E-state index is 15.0. The summed E-state index contributed by atoms with van der Waals surface area (Å²) < 4.78 is 87.1. The van der Waals surface area contributed by atoms with Crippen LogP contribution in [-0.2, 0) is 10.0 Å². The molecule has 0 amide bonds. The van der Waals surface area contributed by atoms with Gasteiger partial charge in [0.2, 0.25) is 0 Å². The van der Waals surface area contributed by atoms with Gasteiger partial charge >= 0.3 is 0 Å². The molecule has 8 nitrogen and oxygen atoms in total. The van der Waals surface area contributed by atoms with Gasteiger partial charge in [-0.2, -0.15) is 0 Å². The van der Waals surface area contributed by atoms with Gasteiger partial charge in [0.15, 0.2) is 23.1 Å². The quantitative estimate of drug-likeness (QED) is 0.187. The van der Waals surface area contributed by atoms with E-state index in [1.807, 2.05) is 0 Å². The fourth-order valence-electron chi connectivity index (χ4n) is 4.90. The third kappa shape index (κ3) is 7.31. The first-order chi connectivity index (χ1) is 20.6. The fourth-order valence-corrected chi connectivity index (χ4v) is 6.04. The monoisotopic (exact) mass is 615 g/mol. The number of nitrogens with zero attached hydrogens (tertiary/aromatic N) is 2. The van der Waals surface area contributed by atoms with Crippen molar-refractivity contribution < 1.29 is 35.8 Å². The van der Waals surface area contributed by atoms with Crippen LogP contribution in [0.2, 0.25) is 0 Å². The zero-order chi connectivity index (χ0) is 30.6. The number of methoxy groups -OCH3 is 1. The molecule has 1 aromatic heterocycles. The second-order valence-corrected chi connectivity index (χ2v) is 12.1. The highest BCUT2D eigenvalue weighted by atomic mass is 32.2. The van der Waals surface area contributed by atoms with E-state index in [1.165, 1.54) is 38.3 Å². The standard InChI is InChI=1S/C31H32F3N3O5S/c1-20-9-13-37(14-10-20)12-3-15-41-30-19-26-23(18-29(30)40-2)27(8-11-35-26)42-28-7-5-22(17-25(28)34)36-43(38,39)31-16-21(32)4-6-24(31)33/h4-8,11,16-20,36H,3,9-10,12-15H2,1-2H3. The molecule has 1 N–H and O–H groups in total. The van der Waals surface area contributed by atoms with E-state index >= 15 is 4.39 Å². The number of halogens is 3. The number of hydrogen-bond acceptors (Lipinski definition) is 7. The van der Waals surface area contributed by atoms with Crippen molar-refractivity contribution in [3.8, 4) is 23.0 Å². The molecule has 228 valence electrons. The van der Waals surface area contributed by atoms with Gasteiger partial charge in [0.05, 0.1) is 24.9 Å². The lowest BCUT2D eigenvalue weighted by atomic mass is 9.99. The van der Waals surface area contributed by atoms with E-state index in [-0.39, 0.29) is 17.2 Å². The number of sulfonamides is 1. The van der Waals surface area contributed by atoms with Crippen LogP contribution in [0, 0.1) is 23.4 Å². The van der Waals surface area contributed by atoms with Crippen LogP contribution in [0.5, 0.6) is 23.0 Å². The first-order valence-corrected chi connectivity index (χ1v) is 15.4. The van der Waals surface area contributed by atoms with Gasteiger partial charge in [0.1, 0.15) is 22.3 Å². The summed E-state index contributed by atoms with van der Waals surface area (Å²) in [6, 6.07) is 10.4. The molecule has 1 aliphatic heterocycles. The maximum absolute atomic E-state index is 15.0. The normalized spacial score (nSPS) is 14.5. The zero-order valence-electron chi connectivity index (χ0n) is 23.8. The summed E-state index contributed by atoms with van der Waals surface area (Å²) in [6.07, 6.45) is 4.83. The highest BCUT2D eigenvalue weighted by molar-refractivity contribution is 7.92. The molecule has 12 heteroatoms. The molecular formula is C31H32F3N3O5S. The summed E-state index contributed by atoms with van der Waals surface area (Å²) in [5, 5.41) is 0.542. The Labute approximate surface area is 248 Å². The number of piperidine rings is 1. The van der Waals surface area contributed by atoms with E-state index in [1.54, 1.807) is 18.2 Å². The second kappa shape index (κ2) is 13.1. The van der Waals surface area contributed by atoms with E-state index in [0.29, 0.717) is 41.1 Å². The first kappa shape index (κ1) is 30.4. The molecule has 3 aromatic carbocycles. The minimum atomic E-state index is -4.52. The minimum Gasteiger partial charge on any atom is -0.493 e. The number of pyridine rings is 1. The Kier molecular flexibility index (Phi) is 9.26. The van der Waals surface area contributed by atoms with E-state index in [4.69, 9.17) is 14.2 Å². The lowest BCUT2D eigenvalue weighted by Crippen LogP contribution is -2.34. The van der Waals surface area contributed by atoms with Crippen LogP contribution in [0.1, 0.15) is 26.2 Å². The summed E-state index contributed by atoms with van der Waals surface area (Å²) in [7, 11) is -3.00. The fraction of sp³-hybridized carbons (Fsp3) is 0.323. The Morgan fingerprint density at radius 3 is 2.47 bits per heavy atom. The van der Waals surface area contributed by atoms with E-state index < -0.39 is 32.4 Å².